The summed E-state index contributed by atoms with van der Waals surface area (Å²) in [5.74, 6) is 0.353. The van der Waals surface area contributed by atoms with Gasteiger partial charge in [-0.25, -0.2) is 9.78 Å². The SMILES string of the molecule is Cc1cc2oc(=O)cc(Cn3cnc4sccc4c3=O)c2cc1C(C)C. The van der Waals surface area contributed by atoms with Gasteiger partial charge in [0.05, 0.1) is 18.3 Å². The Labute approximate surface area is 153 Å². The molecular formula is C20H18N2O3S. The number of hydrogen-bond donors (Lipinski definition) is 0. The van der Waals surface area contributed by atoms with Gasteiger partial charge in [-0.05, 0) is 53.1 Å². The minimum Gasteiger partial charge on any atom is -0.423 e. The molecule has 4 aromatic rings. The molecule has 3 aromatic heterocycles. The number of rotatable bonds is 3. The molecule has 0 N–H and O–H groups in total. The largest absolute Gasteiger partial charge is 0.423 e. The van der Waals surface area contributed by atoms with E-state index >= 15 is 0 Å². The van der Waals surface area contributed by atoms with Gasteiger partial charge >= 0.3 is 5.63 Å². The Morgan fingerprint density at radius 3 is 2.77 bits per heavy atom. The second kappa shape index (κ2) is 6.21. The van der Waals surface area contributed by atoms with Crippen LogP contribution in [0.1, 0.15) is 36.5 Å². The van der Waals surface area contributed by atoms with Crippen LogP contribution >= 0.6 is 11.3 Å². The molecule has 0 bridgehead atoms. The van der Waals surface area contributed by atoms with Crippen LogP contribution in [0, 0.1) is 6.92 Å². The normalized spacial score (nSPS) is 11.7. The third kappa shape index (κ3) is 2.76. The van der Waals surface area contributed by atoms with Crippen molar-refractivity contribution in [3.8, 4) is 0 Å². The van der Waals surface area contributed by atoms with E-state index in [0.717, 1.165) is 21.3 Å². The number of thiophene rings is 1. The summed E-state index contributed by atoms with van der Waals surface area (Å²) < 4.78 is 6.93. The first kappa shape index (κ1) is 16.7. The van der Waals surface area contributed by atoms with Crippen molar-refractivity contribution in [2.45, 2.75) is 33.2 Å². The molecule has 0 radical (unpaired) electrons. The molecule has 0 fully saturated rings. The molecule has 0 aliphatic heterocycles. The summed E-state index contributed by atoms with van der Waals surface area (Å²) in [6.45, 7) is 6.55. The van der Waals surface area contributed by atoms with Crippen molar-refractivity contribution < 1.29 is 4.42 Å². The van der Waals surface area contributed by atoms with Crippen molar-refractivity contribution in [1.82, 2.24) is 9.55 Å². The van der Waals surface area contributed by atoms with E-state index < -0.39 is 5.63 Å². The van der Waals surface area contributed by atoms with Crippen LogP contribution in [-0.4, -0.2) is 9.55 Å². The van der Waals surface area contributed by atoms with Crippen molar-refractivity contribution in [1.29, 1.82) is 0 Å². The fraction of sp³-hybridized carbons (Fsp3) is 0.250. The van der Waals surface area contributed by atoms with Gasteiger partial charge in [0.15, 0.2) is 0 Å². The highest BCUT2D eigenvalue weighted by Crippen LogP contribution is 2.27. The fourth-order valence-electron chi connectivity index (χ4n) is 3.33. The maximum absolute atomic E-state index is 12.7. The predicted octanol–water partition coefficient (Wildman–Crippen LogP) is 4.04. The highest BCUT2D eigenvalue weighted by Gasteiger charge is 2.13. The van der Waals surface area contributed by atoms with Crippen LogP contribution in [0.2, 0.25) is 0 Å². The molecule has 4 rings (SSSR count). The molecule has 26 heavy (non-hydrogen) atoms. The van der Waals surface area contributed by atoms with E-state index in [-0.39, 0.29) is 12.1 Å². The lowest BCUT2D eigenvalue weighted by atomic mass is 9.95. The number of aryl methyl sites for hydroxylation is 1. The van der Waals surface area contributed by atoms with Crippen LogP contribution in [-0.2, 0) is 6.54 Å². The van der Waals surface area contributed by atoms with E-state index in [2.05, 4.69) is 24.9 Å². The smallest absolute Gasteiger partial charge is 0.336 e. The minimum atomic E-state index is -0.415. The Bertz CT molecular complexity index is 1250. The molecule has 5 nitrogen and oxygen atoms in total. The third-order valence-corrected chi connectivity index (χ3v) is 5.45. The quantitative estimate of drug-likeness (QED) is 0.513. The van der Waals surface area contributed by atoms with Gasteiger partial charge in [0.25, 0.3) is 5.56 Å². The van der Waals surface area contributed by atoms with Gasteiger partial charge in [0, 0.05) is 11.5 Å². The van der Waals surface area contributed by atoms with Gasteiger partial charge in [0.2, 0.25) is 0 Å². The standard InChI is InChI=1S/C20H18N2O3S/c1-11(2)15-8-16-13(7-18(23)25-17(16)6-12(15)3)9-22-10-21-19-14(20(22)24)4-5-26-19/h4-8,10-11H,9H2,1-3H3. The topological polar surface area (TPSA) is 65.1 Å². The Hall–Kier alpha value is -2.73. The van der Waals surface area contributed by atoms with E-state index in [4.69, 9.17) is 4.42 Å². The highest BCUT2D eigenvalue weighted by atomic mass is 32.1. The lowest BCUT2D eigenvalue weighted by Crippen LogP contribution is -2.21. The second-order valence-corrected chi connectivity index (χ2v) is 7.66. The van der Waals surface area contributed by atoms with Crippen LogP contribution in [0.15, 0.2) is 50.0 Å². The summed E-state index contributed by atoms with van der Waals surface area (Å²) in [4.78, 5) is 29.7. The lowest BCUT2D eigenvalue weighted by Gasteiger charge is -2.13. The molecule has 0 spiro atoms. The Morgan fingerprint density at radius 2 is 2.00 bits per heavy atom. The molecule has 3 heterocycles. The maximum atomic E-state index is 12.7. The molecule has 0 amide bonds. The first-order valence-corrected chi connectivity index (χ1v) is 9.32. The summed E-state index contributed by atoms with van der Waals surface area (Å²) in [6, 6.07) is 7.21. The second-order valence-electron chi connectivity index (χ2n) is 6.77. The third-order valence-electron chi connectivity index (χ3n) is 4.63. The predicted molar refractivity (Wildman–Crippen MR) is 104 cm³/mol. The van der Waals surface area contributed by atoms with Gasteiger partial charge < -0.3 is 4.42 Å². The zero-order valence-electron chi connectivity index (χ0n) is 14.8. The molecule has 0 aliphatic rings. The van der Waals surface area contributed by atoms with Gasteiger partial charge in [-0.15, -0.1) is 11.3 Å². The van der Waals surface area contributed by atoms with E-state index in [9.17, 15) is 9.59 Å². The Kier molecular flexibility index (Phi) is 4.00. The summed E-state index contributed by atoms with van der Waals surface area (Å²) in [5.41, 5.74) is 3.08. The van der Waals surface area contributed by atoms with Crippen molar-refractivity contribution in [3.05, 3.63) is 73.4 Å². The molecule has 0 saturated carbocycles. The first-order chi connectivity index (χ1) is 12.4. The van der Waals surface area contributed by atoms with Crippen molar-refractivity contribution in [3.63, 3.8) is 0 Å². The molecular weight excluding hydrogens is 348 g/mol. The number of aromatic nitrogens is 2. The number of fused-ring (bicyclic) bond motifs is 2. The Morgan fingerprint density at radius 1 is 1.19 bits per heavy atom. The van der Waals surface area contributed by atoms with E-state index in [1.165, 1.54) is 27.5 Å². The number of hydrogen-bond acceptors (Lipinski definition) is 5. The summed E-state index contributed by atoms with van der Waals surface area (Å²) in [7, 11) is 0. The van der Waals surface area contributed by atoms with Crippen LogP contribution in [0.25, 0.3) is 21.2 Å². The van der Waals surface area contributed by atoms with Crippen LogP contribution in [0.4, 0.5) is 0 Å². The molecule has 1 aromatic carbocycles. The average Bonchev–Trinajstić information content (AvgIpc) is 3.05. The maximum Gasteiger partial charge on any atom is 0.336 e. The summed E-state index contributed by atoms with van der Waals surface area (Å²) in [5, 5.41) is 3.31. The van der Waals surface area contributed by atoms with Crippen LogP contribution in [0.3, 0.4) is 0 Å². The molecule has 0 aliphatic carbocycles. The first-order valence-electron chi connectivity index (χ1n) is 8.44. The zero-order valence-corrected chi connectivity index (χ0v) is 15.6. The van der Waals surface area contributed by atoms with Gasteiger partial charge in [-0.1, -0.05) is 13.8 Å². The van der Waals surface area contributed by atoms with Gasteiger partial charge in [-0.3, -0.25) is 9.36 Å². The van der Waals surface area contributed by atoms with Gasteiger partial charge in [0.1, 0.15) is 10.4 Å². The number of benzene rings is 1. The Balaban J connectivity index is 1.92. The molecule has 0 saturated heterocycles. The lowest BCUT2D eigenvalue weighted by molar-refractivity contribution is 0.556. The average molecular weight is 366 g/mol. The van der Waals surface area contributed by atoms with E-state index in [1.807, 2.05) is 18.4 Å². The monoisotopic (exact) mass is 366 g/mol. The van der Waals surface area contributed by atoms with Crippen molar-refractivity contribution >= 4 is 32.5 Å². The molecule has 0 unspecified atom stereocenters. The van der Waals surface area contributed by atoms with Crippen LogP contribution in [0.5, 0.6) is 0 Å². The minimum absolute atomic E-state index is 0.103. The zero-order chi connectivity index (χ0) is 18.4. The van der Waals surface area contributed by atoms with Crippen LogP contribution < -0.4 is 11.2 Å². The van der Waals surface area contributed by atoms with E-state index in [0.29, 0.717) is 16.9 Å². The summed E-state index contributed by atoms with van der Waals surface area (Å²) in [6.07, 6.45) is 1.54. The summed E-state index contributed by atoms with van der Waals surface area (Å²) >= 11 is 1.44. The van der Waals surface area contributed by atoms with Crippen molar-refractivity contribution in [2.24, 2.45) is 0 Å². The molecule has 132 valence electrons. The van der Waals surface area contributed by atoms with Gasteiger partial charge in [-0.2, -0.15) is 0 Å². The van der Waals surface area contributed by atoms with E-state index in [1.54, 1.807) is 12.4 Å². The molecule has 0 atom stereocenters. The molecule has 6 heteroatoms. The number of nitrogens with zero attached hydrogens (tertiary/aromatic N) is 2. The highest BCUT2D eigenvalue weighted by molar-refractivity contribution is 7.16. The fourth-order valence-corrected chi connectivity index (χ4v) is 4.06. The van der Waals surface area contributed by atoms with Crippen molar-refractivity contribution in [2.75, 3.05) is 0 Å².